The van der Waals surface area contributed by atoms with Gasteiger partial charge in [0.15, 0.2) is 0 Å². The lowest BCUT2D eigenvalue weighted by atomic mass is 9.72. The van der Waals surface area contributed by atoms with E-state index in [-0.39, 0.29) is 12.0 Å². The number of fused-ring (bicyclic) bond motifs is 1. The second-order valence-electron chi connectivity index (χ2n) is 8.90. The first kappa shape index (κ1) is 21.2. The Balaban J connectivity index is 2.27. The van der Waals surface area contributed by atoms with E-state index in [0.29, 0.717) is 12.8 Å². The van der Waals surface area contributed by atoms with Crippen molar-refractivity contribution in [3.8, 4) is 0 Å². The third-order valence-corrected chi connectivity index (χ3v) is 4.93. The molecular weight excluding hydrogens is 344 g/mol. The number of rotatable bonds is 6. The number of nitrogens with one attached hydrogen (secondary N) is 2. The molecule has 1 aliphatic rings. The molecule has 6 heteroatoms. The minimum atomic E-state index is -0.607. The van der Waals surface area contributed by atoms with E-state index in [2.05, 4.69) is 30.5 Å². The van der Waals surface area contributed by atoms with Crippen LogP contribution in [0.4, 0.5) is 10.5 Å². The van der Waals surface area contributed by atoms with Gasteiger partial charge in [0.2, 0.25) is 6.41 Å². The lowest BCUT2D eigenvalue weighted by molar-refractivity contribution is -0.105. The van der Waals surface area contributed by atoms with Crippen LogP contribution in [0.3, 0.4) is 0 Å². The Labute approximate surface area is 161 Å². The summed E-state index contributed by atoms with van der Waals surface area (Å²) >= 11 is 0. The molecule has 6 nitrogen and oxygen atoms in total. The molecule has 0 radical (unpaired) electrons. The topological polar surface area (TPSA) is 87.7 Å². The van der Waals surface area contributed by atoms with Crippen molar-refractivity contribution in [1.82, 2.24) is 5.32 Å². The number of carbonyl (C=O) groups excluding carboxylic acids is 2. The maximum atomic E-state index is 12.0. The molecular formula is C21H32N2O4. The molecule has 1 aromatic rings. The first-order valence-corrected chi connectivity index (χ1v) is 9.52. The quantitative estimate of drug-likeness (QED) is 0.665. The summed E-state index contributed by atoms with van der Waals surface area (Å²) in [5, 5.41) is 15.2. The van der Waals surface area contributed by atoms with Crippen molar-refractivity contribution in [2.24, 2.45) is 0 Å². The first-order valence-electron chi connectivity index (χ1n) is 9.52. The standard InChI is InChI=1S/C21H32N2O4/c1-20(2,3)27-19(26)23-16(12-24)9-15-10-17-14(11-18(15)22-13-25)7-6-8-21(17,4)5/h10-11,13,16,24H,6-9,12H2,1-5H3,(H,22,25)(H,23,26). The summed E-state index contributed by atoms with van der Waals surface area (Å²) in [5.41, 5.74) is 3.60. The van der Waals surface area contributed by atoms with Gasteiger partial charge in [-0.25, -0.2) is 4.79 Å². The average Bonchev–Trinajstić information content (AvgIpc) is 2.53. The van der Waals surface area contributed by atoms with Crippen LogP contribution in [-0.4, -0.2) is 35.9 Å². The van der Waals surface area contributed by atoms with Gasteiger partial charge >= 0.3 is 6.09 Å². The summed E-state index contributed by atoms with van der Waals surface area (Å²) in [6.45, 7) is 9.60. The Bertz CT molecular complexity index is 692. The molecule has 2 amide bonds. The minimum Gasteiger partial charge on any atom is -0.444 e. The molecule has 0 saturated heterocycles. The van der Waals surface area contributed by atoms with E-state index in [1.54, 1.807) is 20.8 Å². The number of aliphatic hydroxyl groups excluding tert-OH is 1. The summed E-state index contributed by atoms with van der Waals surface area (Å²) in [6.07, 6.45) is 3.72. The normalized spacial score (nSPS) is 16.8. The number of hydrogen-bond acceptors (Lipinski definition) is 4. The van der Waals surface area contributed by atoms with Crippen molar-refractivity contribution in [3.63, 3.8) is 0 Å². The highest BCUT2D eigenvalue weighted by atomic mass is 16.6. The van der Waals surface area contributed by atoms with Crippen molar-refractivity contribution in [2.75, 3.05) is 11.9 Å². The van der Waals surface area contributed by atoms with Gasteiger partial charge in [-0.3, -0.25) is 4.79 Å². The summed E-state index contributed by atoms with van der Waals surface area (Å²) < 4.78 is 5.28. The Hall–Kier alpha value is -2.08. The van der Waals surface area contributed by atoms with Crippen LogP contribution in [0.5, 0.6) is 0 Å². The number of alkyl carbamates (subject to hydrolysis) is 1. The Morgan fingerprint density at radius 3 is 2.67 bits per heavy atom. The predicted octanol–water partition coefficient (Wildman–Crippen LogP) is 3.30. The minimum absolute atomic E-state index is 0.0648. The summed E-state index contributed by atoms with van der Waals surface area (Å²) in [7, 11) is 0. The molecule has 0 fully saturated rings. The molecule has 1 aliphatic carbocycles. The second-order valence-corrected chi connectivity index (χ2v) is 8.90. The third-order valence-electron chi connectivity index (χ3n) is 4.93. The Morgan fingerprint density at radius 1 is 1.37 bits per heavy atom. The maximum Gasteiger partial charge on any atom is 0.407 e. The van der Waals surface area contributed by atoms with Crippen LogP contribution in [0.1, 0.15) is 64.2 Å². The van der Waals surface area contributed by atoms with Gasteiger partial charge in [0.25, 0.3) is 0 Å². The highest BCUT2D eigenvalue weighted by Crippen LogP contribution is 2.39. The highest BCUT2D eigenvalue weighted by molar-refractivity contribution is 5.75. The highest BCUT2D eigenvalue weighted by Gasteiger charge is 2.29. The zero-order valence-corrected chi connectivity index (χ0v) is 17.0. The zero-order chi connectivity index (χ0) is 20.2. The Kier molecular flexibility index (Phi) is 6.52. The number of aliphatic hydroxyl groups is 1. The van der Waals surface area contributed by atoms with E-state index in [1.165, 1.54) is 11.1 Å². The van der Waals surface area contributed by atoms with Gasteiger partial charge in [0.05, 0.1) is 12.6 Å². The summed E-state index contributed by atoms with van der Waals surface area (Å²) in [5.74, 6) is 0. The lowest BCUT2D eigenvalue weighted by Gasteiger charge is -2.34. The van der Waals surface area contributed by atoms with Crippen LogP contribution in [-0.2, 0) is 27.8 Å². The van der Waals surface area contributed by atoms with Crippen LogP contribution >= 0.6 is 0 Å². The molecule has 2 rings (SSSR count). The fourth-order valence-corrected chi connectivity index (χ4v) is 3.65. The van der Waals surface area contributed by atoms with Crippen molar-refractivity contribution >= 4 is 18.2 Å². The SMILES string of the molecule is CC(C)(C)OC(=O)NC(CO)Cc1cc2c(cc1NC=O)CCCC2(C)C. The number of benzene rings is 1. The van der Waals surface area contributed by atoms with E-state index in [9.17, 15) is 14.7 Å². The van der Waals surface area contributed by atoms with Crippen LogP contribution in [0.2, 0.25) is 0 Å². The average molecular weight is 376 g/mol. The van der Waals surface area contributed by atoms with Gasteiger partial charge < -0.3 is 20.5 Å². The van der Waals surface area contributed by atoms with Crippen molar-refractivity contribution in [1.29, 1.82) is 0 Å². The zero-order valence-electron chi connectivity index (χ0n) is 17.0. The maximum absolute atomic E-state index is 12.0. The molecule has 150 valence electrons. The molecule has 1 unspecified atom stereocenters. The van der Waals surface area contributed by atoms with E-state index >= 15 is 0 Å². The van der Waals surface area contributed by atoms with E-state index < -0.39 is 17.7 Å². The smallest absolute Gasteiger partial charge is 0.407 e. The first-order chi connectivity index (χ1) is 12.6. The number of amides is 2. The van der Waals surface area contributed by atoms with Gasteiger partial charge in [-0.1, -0.05) is 19.9 Å². The third kappa shape index (κ3) is 5.70. The molecule has 1 aromatic carbocycles. The summed E-state index contributed by atoms with van der Waals surface area (Å²) in [6, 6.07) is 3.64. The number of ether oxygens (including phenoxy) is 1. The molecule has 0 heterocycles. The lowest BCUT2D eigenvalue weighted by Crippen LogP contribution is -2.42. The molecule has 0 saturated carbocycles. The Morgan fingerprint density at radius 2 is 2.07 bits per heavy atom. The predicted molar refractivity (Wildman–Crippen MR) is 106 cm³/mol. The van der Waals surface area contributed by atoms with Gasteiger partial charge in [-0.05, 0) is 74.6 Å². The monoisotopic (exact) mass is 376 g/mol. The molecule has 0 spiro atoms. The van der Waals surface area contributed by atoms with E-state index in [4.69, 9.17) is 4.74 Å². The second kappa shape index (κ2) is 8.30. The number of hydrogen-bond donors (Lipinski definition) is 3. The summed E-state index contributed by atoms with van der Waals surface area (Å²) in [4.78, 5) is 23.1. The molecule has 1 atom stereocenters. The number of carbonyl (C=O) groups is 2. The van der Waals surface area contributed by atoms with Gasteiger partial charge in [-0.15, -0.1) is 0 Å². The van der Waals surface area contributed by atoms with E-state index in [1.807, 2.05) is 6.07 Å². The number of aryl methyl sites for hydroxylation is 1. The fourth-order valence-electron chi connectivity index (χ4n) is 3.65. The largest absolute Gasteiger partial charge is 0.444 e. The van der Waals surface area contributed by atoms with Crippen molar-refractivity contribution in [2.45, 2.75) is 77.4 Å². The van der Waals surface area contributed by atoms with Crippen LogP contribution in [0.15, 0.2) is 12.1 Å². The fraction of sp³-hybridized carbons (Fsp3) is 0.619. The van der Waals surface area contributed by atoms with Gasteiger partial charge in [0, 0.05) is 5.69 Å². The number of anilines is 1. The molecule has 0 aromatic heterocycles. The van der Waals surface area contributed by atoms with Gasteiger partial charge in [0.1, 0.15) is 5.60 Å². The van der Waals surface area contributed by atoms with Crippen LogP contribution in [0, 0.1) is 0 Å². The van der Waals surface area contributed by atoms with E-state index in [0.717, 1.165) is 30.5 Å². The molecule has 27 heavy (non-hydrogen) atoms. The molecule has 3 N–H and O–H groups in total. The van der Waals surface area contributed by atoms with Crippen LogP contribution < -0.4 is 10.6 Å². The molecule has 0 bridgehead atoms. The van der Waals surface area contributed by atoms with Crippen LogP contribution in [0.25, 0.3) is 0 Å². The van der Waals surface area contributed by atoms with Gasteiger partial charge in [-0.2, -0.15) is 0 Å². The molecule has 0 aliphatic heterocycles. The van der Waals surface area contributed by atoms with Crippen molar-refractivity contribution in [3.05, 3.63) is 28.8 Å². The van der Waals surface area contributed by atoms with Crippen molar-refractivity contribution < 1.29 is 19.4 Å².